The van der Waals surface area contributed by atoms with Crippen LogP contribution in [0.2, 0.25) is 0 Å². The minimum absolute atomic E-state index is 0.504. The summed E-state index contributed by atoms with van der Waals surface area (Å²) in [6, 6.07) is 0. The molecule has 1 spiro atoms. The van der Waals surface area contributed by atoms with Crippen LogP contribution in [-0.2, 0) is 0 Å². The molecule has 0 aliphatic carbocycles. The Hall–Kier alpha value is 0.270. The first-order valence-corrected chi connectivity index (χ1v) is 5.81. The molecule has 0 radical (unpaired) electrons. The molecule has 12 heavy (non-hydrogen) atoms. The number of hydrogen-bond donors (Lipinski definition) is 1. The third-order valence-electron chi connectivity index (χ3n) is 2.70. The molecule has 2 aliphatic rings. The largest absolute Gasteiger partial charge is 0.311 e. The van der Waals surface area contributed by atoms with Crippen molar-refractivity contribution in [1.29, 1.82) is 0 Å². The van der Waals surface area contributed by atoms with E-state index in [4.69, 9.17) is 0 Å². The van der Waals surface area contributed by atoms with Crippen LogP contribution in [0.15, 0.2) is 0 Å². The van der Waals surface area contributed by atoms with E-state index in [0.29, 0.717) is 4.87 Å². The fourth-order valence-corrected chi connectivity index (χ4v) is 3.45. The topological polar surface area (TPSA) is 15.3 Å². The molecule has 1 N–H and O–H groups in total. The molecular formula is C9H18N2S. The summed E-state index contributed by atoms with van der Waals surface area (Å²) in [6.07, 6.45) is 0. The van der Waals surface area contributed by atoms with Crippen LogP contribution in [-0.4, -0.2) is 41.7 Å². The Morgan fingerprint density at radius 2 is 2.25 bits per heavy atom. The predicted octanol–water partition coefficient (Wildman–Crippen LogP) is 0.991. The van der Waals surface area contributed by atoms with Crippen LogP contribution in [0.1, 0.15) is 13.8 Å². The Bertz CT molecular complexity index is 166. The summed E-state index contributed by atoms with van der Waals surface area (Å²) in [5.74, 6) is 2.13. The van der Waals surface area contributed by atoms with Gasteiger partial charge in [0.15, 0.2) is 0 Å². The van der Waals surface area contributed by atoms with E-state index in [9.17, 15) is 0 Å². The summed E-state index contributed by atoms with van der Waals surface area (Å²) in [7, 11) is 0. The maximum absolute atomic E-state index is 3.38. The van der Waals surface area contributed by atoms with E-state index in [1.54, 1.807) is 0 Å². The fraction of sp³-hybridized carbons (Fsp3) is 1.00. The monoisotopic (exact) mass is 186 g/mol. The first kappa shape index (κ1) is 8.85. The Balaban J connectivity index is 1.95. The van der Waals surface area contributed by atoms with Gasteiger partial charge in [-0.1, -0.05) is 13.8 Å². The van der Waals surface area contributed by atoms with Gasteiger partial charge in [0.1, 0.15) is 0 Å². The second-order valence-corrected chi connectivity index (χ2v) is 5.69. The molecule has 2 heterocycles. The van der Waals surface area contributed by atoms with Crippen LogP contribution in [0.25, 0.3) is 0 Å². The van der Waals surface area contributed by atoms with Gasteiger partial charge in [-0.15, -0.1) is 11.8 Å². The molecule has 2 fully saturated rings. The molecular weight excluding hydrogens is 168 g/mol. The maximum Gasteiger partial charge on any atom is 0.0922 e. The van der Waals surface area contributed by atoms with Gasteiger partial charge in [0.2, 0.25) is 0 Å². The van der Waals surface area contributed by atoms with Crippen molar-refractivity contribution < 1.29 is 0 Å². The highest BCUT2D eigenvalue weighted by molar-refractivity contribution is 8.01. The molecule has 0 unspecified atom stereocenters. The number of rotatable bonds is 2. The second kappa shape index (κ2) is 3.20. The first-order valence-electron chi connectivity index (χ1n) is 4.83. The summed E-state index contributed by atoms with van der Waals surface area (Å²) in [4.78, 5) is 3.17. The maximum atomic E-state index is 3.38. The Morgan fingerprint density at radius 1 is 1.50 bits per heavy atom. The number of thioether (sulfide) groups is 1. The van der Waals surface area contributed by atoms with Crippen molar-refractivity contribution in [3.63, 3.8) is 0 Å². The molecule has 0 saturated carbocycles. The predicted molar refractivity (Wildman–Crippen MR) is 54.5 cm³/mol. The zero-order valence-corrected chi connectivity index (χ0v) is 8.78. The van der Waals surface area contributed by atoms with Crippen LogP contribution in [0, 0.1) is 5.92 Å². The van der Waals surface area contributed by atoms with Gasteiger partial charge < -0.3 is 5.32 Å². The molecule has 0 aromatic heterocycles. The number of nitrogens with one attached hydrogen (secondary N) is 1. The normalized spacial score (nSPS) is 28.2. The molecule has 0 aromatic rings. The molecule has 2 saturated heterocycles. The Labute approximate surface area is 79.1 Å². The van der Waals surface area contributed by atoms with Crippen molar-refractivity contribution in [2.24, 2.45) is 5.92 Å². The van der Waals surface area contributed by atoms with E-state index in [-0.39, 0.29) is 0 Å². The van der Waals surface area contributed by atoms with Crippen molar-refractivity contribution >= 4 is 11.8 Å². The van der Waals surface area contributed by atoms with Gasteiger partial charge in [0.05, 0.1) is 4.87 Å². The average molecular weight is 186 g/mol. The van der Waals surface area contributed by atoms with Gasteiger partial charge in [0, 0.05) is 31.9 Å². The summed E-state index contributed by atoms with van der Waals surface area (Å²) in [5.41, 5.74) is 0. The van der Waals surface area contributed by atoms with Crippen molar-refractivity contribution in [2.45, 2.75) is 18.7 Å². The van der Waals surface area contributed by atoms with Gasteiger partial charge >= 0.3 is 0 Å². The standard InChI is InChI=1S/C9H18N2S/c1-8(2)5-11-3-4-12-9(11)6-10-7-9/h8,10H,3-7H2,1-2H3. The third kappa shape index (κ3) is 1.38. The number of nitrogens with zero attached hydrogens (tertiary/aromatic N) is 1. The second-order valence-electron chi connectivity index (χ2n) is 4.24. The van der Waals surface area contributed by atoms with E-state index < -0.39 is 0 Å². The lowest BCUT2D eigenvalue weighted by Gasteiger charge is -2.46. The van der Waals surface area contributed by atoms with E-state index in [1.807, 2.05) is 0 Å². The highest BCUT2D eigenvalue weighted by Crippen LogP contribution is 2.38. The molecule has 0 amide bonds. The van der Waals surface area contributed by atoms with Crippen molar-refractivity contribution in [3.05, 3.63) is 0 Å². The average Bonchev–Trinajstić information content (AvgIpc) is 2.28. The van der Waals surface area contributed by atoms with Crippen LogP contribution >= 0.6 is 11.8 Å². The highest BCUT2D eigenvalue weighted by atomic mass is 32.2. The lowest BCUT2D eigenvalue weighted by molar-refractivity contribution is 0.123. The van der Waals surface area contributed by atoms with Gasteiger partial charge in [-0.05, 0) is 5.92 Å². The third-order valence-corrected chi connectivity index (χ3v) is 4.17. The molecule has 0 bridgehead atoms. The summed E-state index contributed by atoms with van der Waals surface area (Å²) in [5, 5.41) is 3.38. The molecule has 0 aromatic carbocycles. The lowest BCUT2D eigenvalue weighted by atomic mass is 10.1. The SMILES string of the molecule is CC(C)CN1CCSC12CNC2. The first-order chi connectivity index (χ1) is 5.73. The summed E-state index contributed by atoms with van der Waals surface area (Å²) < 4.78 is 0. The van der Waals surface area contributed by atoms with Gasteiger partial charge in [-0.2, -0.15) is 0 Å². The molecule has 2 nitrogen and oxygen atoms in total. The van der Waals surface area contributed by atoms with Crippen molar-refractivity contribution in [2.75, 3.05) is 31.9 Å². The quantitative estimate of drug-likeness (QED) is 0.692. The zero-order valence-electron chi connectivity index (χ0n) is 7.97. The van der Waals surface area contributed by atoms with Gasteiger partial charge in [-0.3, -0.25) is 4.90 Å². The molecule has 0 atom stereocenters. The molecule has 2 rings (SSSR count). The minimum Gasteiger partial charge on any atom is -0.311 e. The van der Waals surface area contributed by atoms with Crippen LogP contribution in [0.4, 0.5) is 0 Å². The zero-order chi connectivity index (χ0) is 8.60. The van der Waals surface area contributed by atoms with Gasteiger partial charge in [-0.25, -0.2) is 0 Å². The summed E-state index contributed by atoms with van der Waals surface area (Å²) >= 11 is 2.14. The van der Waals surface area contributed by atoms with Crippen LogP contribution in [0.3, 0.4) is 0 Å². The van der Waals surface area contributed by atoms with Crippen LogP contribution < -0.4 is 5.32 Å². The van der Waals surface area contributed by atoms with E-state index >= 15 is 0 Å². The Morgan fingerprint density at radius 3 is 2.75 bits per heavy atom. The molecule has 70 valence electrons. The highest BCUT2D eigenvalue weighted by Gasteiger charge is 2.46. The van der Waals surface area contributed by atoms with Crippen LogP contribution in [0.5, 0.6) is 0 Å². The van der Waals surface area contributed by atoms with E-state index in [1.165, 1.54) is 31.9 Å². The molecule has 3 heteroatoms. The number of hydrogen-bond acceptors (Lipinski definition) is 3. The lowest BCUT2D eigenvalue weighted by Crippen LogP contribution is -2.64. The Kier molecular flexibility index (Phi) is 2.36. The van der Waals surface area contributed by atoms with E-state index in [0.717, 1.165) is 5.92 Å². The summed E-state index contributed by atoms with van der Waals surface area (Å²) in [6.45, 7) is 9.58. The van der Waals surface area contributed by atoms with E-state index in [2.05, 4.69) is 35.8 Å². The van der Waals surface area contributed by atoms with Crippen molar-refractivity contribution in [3.8, 4) is 0 Å². The fourth-order valence-electron chi connectivity index (χ4n) is 2.00. The minimum atomic E-state index is 0.504. The van der Waals surface area contributed by atoms with Crippen molar-refractivity contribution in [1.82, 2.24) is 10.2 Å². The molecule has 2 aliphatic heterocycles. The smallest absolute Gasteiger partial charge is 0.0922 e. The van der Waals surface area contributed by atoms with Gasteiger partial charge in [0.25, 0.3) is 0 Å².